The number of carbonyl (C=O) groups is 1. The number of fused-ring (bicyclic) bond motifs is 1. The van der Waals surface area contributed by atoms with Crippen LogP contribution in [0.5, 0.6) is 0 Å². The van der Waals surface area contributed by atoms with E-state index in [0.717, 1.165) is 16.5 Å². The third-order valence-electron chi connectivity index (χ3n) is 5.30. The van der Waals surface area contributed by atoms with Gasteiger partial charge >= 0.3 is 0 Å². The topological polar surface area (TPSA) is 82.7 Å². The Morgan fingerprint density at radius 2 is 1.82 bits per heavy atom. The molecule has 9 heteroatoms. The van der Waals surface area contributed by atoms with Gasteiger partial charge in [0.2, 0.25) is 6.41 Å². The van der Waals surface area contributed by atoms with Crippen molar-refractivity contribution in [1.82, 2.24) is 15.0 Å². The molecular formula is C24H31F2N5OS. The lowest BCUT2D eigenvalue weighted by Gasteiger charge is -2.13. The standard InChI is InChI=1S/C18H17F2N5OS.C4H8.C2H6/c1-27-13-6-10(9-2-3-9)4-5-11(13)22-12-7-14(21-8-26)23-17-15(12)24-18(25-17)16(19)20;1-4-2-3-4;1-2/h4-9,16H,2-3H2,1H3,(H3,21,22,23,24,25,26);4H,2-3H2,1H3;1-2H3. The van der Waals surface area contributed by atoms with Crippen molar-refractivity contribution in [2.45, 2.75) is 63.7 Å². The zero-order chi connectivity index (χ0) is 24.0. The van der Waals surface area contributed by atoms with Crippen LogP contribution in [0.2, 0.25) is 0 Å². The molecule has 6 nitrogen and oxygen atoms in total. The zero-order valence-electron chi connectivity index (χ0n) is 19.4. The number of H-pyrrole nitrogens is 1. The fourth-order valence-corrected chi connectivity index (χ4v) is 3.73. The van der Waals surface area contributed by atoms with E-state index in [-0.39, 0.29) is 11.5 Å². The molecule has 3 N–H and O–H groups in total. The van der Waals surface area contributed by atoms with Crippen molar-refractivity contribution in [3.8, 4) is 0 Å². The maximum atomic E-state index is 13.0. The van der Waals surface area contributed by atoms with Crippen LogP contribution in [0.3, 0.4) is 0 Å². The van der Waals surface area contributed by atoms with Crippen molar-refractivity contribution in [1.29, 1.82) is 0 Å². The Labute approximate surface area is 197 Å². The lowest BCUT2D eigenvalue weighted by molar-refractivity contribution is -0.105. The smallest absolute Gasteiger partial charge is 0.295 e. The van der Waals surface area contributed by atoms with E-state index in [1.165, 1.54) is 31.2 Å². The maximum Gasteiger partial charge on any atom is 0.295 e. The summed E-state index contributed by atoms with van der Waals surface area (Å²) >= 11 is 1.61. The van der Waals surface area contributed by atoms with Gasteiger partial charge in [0.15, 0.2) is 11.5 Å². The van der Waals surface area contributed by atoms with Crippen LogP contribution in [0.15, 0.2) is 29.2 Å². The monoisotopic (exact) mass is 475 g/mol. The van der Waals surface area contributed by atoms with Crippen LogP contribution in [0, 0.1) is 5.92 Å². The Hall–Kier alpha value is -2.68. The number of benzene rings is 1. The van der Waals surface area contributed by atoms with Gasteiger partial charge in [-0.15, -0.1) is 11.8 Å². The lowest BCUT2D eigenvalue weighted by Crippen LogP contribution is -2.00. The number of rotatable bonds is 7. The van der Waals surface area contributed by atoms with E-state index >= 15 is 0 Å². The molecule has 33 heavy (non-hydrogen) atoms. The van der Waals surface area contributed by atoms with Crippen molar-refractivity contribution >= 4 is 46.5 Å². The van der Waals surface area contributed by atoms with E-state index in [1.54, 1.807) is 17.8 Å². The molecule has 5 rings (SSSR count). The number of amides is 1. The highest BCUT2D eigenvalue weighted by Gasteiger charge is 2.24. The second kappa shape index (κ2) is 11.4. The fourth-order valence-electron chi connectivity index (χ4n) is 3.14. The summed E-state index contributed by atoms with van der Waals surface area (Å²) in [6.45, 7) is 6.28. The highest BCUT2D eigenvalue weighted by molar-refractivity contribution is 7.98. The number of aromatic nitrogens is 3. The average molecular weight is 476 g/mol. The van der Waals surface area contributed by atoms with Crippen LogP contribution in [-0.2, 0) is 4.79 Å². The molecule has 2 aromatic heterocycles. The number of carbonyl (C=O) groups excluding carboxylic acids is 1. The number of imidazole rings is 1. The molecular weight excluding hydrogens is 444 g/mol. The molecule has 2 fully saturated rings. The molecule has 0 saturated heterocycles. The first-order chi connectivity index (χ1) is 16.0. The lowest BCUT2D eigenvalue weighted by atomic mass is 10.1. The summed E-state index contributed by atoms with van der Waals surface area (Å²) < 4.78 is 26.1. The number of thioether (sulfide) groups is 1. The second-order valence-corrected chi connectivity index (χ2v) is 8.83. The molecule has 0 spiro atoms. The van der Waals surface area contributed by atoms with Crippen molar-refractivity contribution < 1.29 is 13.6 Å². The SMILES string of the molecule is CC.CC1CC1.CSc1cc(C2CC2)ccc1Nc1cc(NC=O)nc2nc(C(F)F)[nH]c12. The maximum absolute atomic E-state index is 13.0. The molecule has 1 aromatic carbocycles. The van der Waals surface area contributed by atoms with Crippen LogP contribution in [0.4, 0.5) is 26.0 Å². The number of halogens is 2. The number of hydrogen-bond acceptors (Lipinski definition) is 5. The molecule has 2 heterocycles. The third-order valence-corrected chi connectivity index (χ3v) is 6.08. The predicted molar refractivity (Wildman–Crippen MR) is 132 cm³/mol. The third kappa shape index (κ3) is 6.66. The predicted octanol–water partition coefficient (Wildman–Crippen LogP) is 7.25. The first kappa shape index (κ1) is 25.0. The zero-order valence-corrected chi connectivity index (χ0v) is 20.2. The van der Waals surface area contributed by atoms with Crippen molar-refractivity contribution in [2.24, 2.45) is 5.92 Å². The number of alkyl halides is 2. The summed E-state index contributed by atoms with van der Waals surface area (Å²) in [6, 6.07) is 7.82. The Morgan fingerprint density at radius 1 is 1.12 bits per heavy atom. The summed E-state index contributed by atoms with van der Waals surface area (Å²) in [6.07, 6.45) is 5.14. The Morgan fingerprint density at radius 3 is 2.36 bits per heavy atom. The number of hydrogen-bond donors (Lipinski definition) is 3. The summed E-state index contributed by atoms with van der Waals surface area (Å²) in [5.41, 5.74) is 3.15. The quantitative estimate of drug-likeness (QED) is 0.248. The number of aromatic amines is 1. The van der Waals surface area contributed by atoms with E-state index in [9.17, 15) is 13.6 Å². The van der Waals surface area contributed by atoms with Gasteiger partial charge in [0.05, 0.1) is 11.4 Å². The van der Waals surface area contributed by atoms with Gasteiger partial charge in [-0.1, -0.05) is 39.7 Å². The van der Waals surface area contributed by atoms with Crippen molar-refractivity contribution in [3.05, 3.63) is 35.7 Å². The van der Waals surface area contributed by atoms with E-state index in [4.69, 9.17) is 0 Å². The molecule has 0 aliphatic heterocycles. The van der Waals surface area contributed by atoms with Crippen molar-refractivity contribution in [2.75, 3.05) is 16.9 Å². The normalized spacial score (nSPS) is 14.8. The van der Waals surface area contributed by atoms with Gasteiger partial charge in [-0.05, 0) is 48.6 Å². The summed E-state index contributed by atoms with van der Waals surface area (Å²) in [5.74, 6) is 1.49. The minimum absolute atomic E-state index is 0.111. The largest absolute Gasteiger partial charge is 0.353 e. The van der Waals surface area contributed by atoms with Gasteiger partial charge < -0.3 is 15.6 Å². The average Bonchev–Trinajstić information content (AvgIpc) is 3.75. The van der Waals surface area contributed by atoms with E-state index in [1.807, 2.05) is 26.2 Å². The highest BCUT2D eigenvalue weighted by Crippen LogP contribution is 2.43. The van der Waals surface area contributed by atoms with E-state index in [0.29, 0.717) is 23.5 Å². The van der Waals surface area contributed by atoms with Gasteiger partial charge in [0, 0.05) is 11.0 Å². The Balaban J connectivity index is 0.000000452. The summed E-state index contributed by atoms with van der Waals surface area (Å²) in [7, 11) is 0. The first-order valence-electron chi connectivity index (χ1n) is 11.3. The molecule has 2 aliphatic carbocycles. The van der Waals surface area contributed by atoms with Gasteiger partial charge in [0.25, 0.3) is 6.43 Å². The van der Waals surface area contributed by atoms with Crippen LogP contribution in [-0.4, -0.2) is 27.6 Å². The first-order valence-corrected chi connectivity index (χ1v) is 12.5. The van der Waals surface area contributed by atoms with E-state index < -0.39 is 12.2 Å². The molecule has 3 aromatic rings. The highest BCUT2D eigenvalue weighted by atomic mass is 32.2. The van der Waals surface area contributed by atoms with Gasteiger partial charge in [-0.25, -0.2) is 18.7 Å². The van der Waals surface area contributed by atoms with Crippen molar-refractivity contribution in [3.63, 3.8) is 0 Å². The molecule has 1 amide bonds. The fraction of sp³-hybridized carbons (Fsp3) is 0.458. The van der Waals surface area contributed by atoms with Gasteiger partial charge in [-0.2, -0.15) is 0 Å². The summed E-state index contributed by atoms with van der Waals surface area (Å²) in [4.78, 5) is 22.4. The number of nitrogens with zero attached hydrogens (tertiary/aromatic N) is 2. The molecule has 2 saturated carbocycles. The minimum atomic E-state index is -2.74. The molecule has 0 radical (unpaired) electrons. The molecule has 0 atom stereocenters. The number of nitrogens with one attached hydrogen (secondary N) is 3. The van der Waals surface area contributed by atoms with E-state index in [2.05, 4.69) is 44.6 Å². The summed E-state index contributed by atoms with van der Waals surface area (Å²) in [5, 5.41) is 5.72. The minimum Gasteiger partial charge on any atom is -0.353 e. The Bertz CT molecular complexity index is 1080. The number of anilines is 3. The van der Waals surface area contributed by atoms with Gasteiger partial charge in [0.1, 0.15) is 11.3 Å². The van der Waals surface area contributed by atoms with Gasteiger partial charge in [-0.3, -0.25) is 4.79 Å². The molecule has 2 aliphatic rings. The number of pyridine rings is 1. The van der Waals surface area contributed by atoms with Crippen LogP contribution in [0.1, 0.15) is 70.2 Å². The molecule has 0 bridgehead atoms. The Kier molecular flexibility index (Phi) is 8.66. The molecule has 0 unspecified atom stereocenters. The molecule has 178 valence electrons. The van der Waals surface area contributed by atoms with Crippen LogP contribution >= 0.6 is 11.8 Å². The second-order valence-electron chi connectivity index (χ2n) is 7.98. The van der Waals surface area contributed by atoms with Crippen LogP contribution < -0.4 is 10.6 Å². The van der Waals surface area contributed by atoms with Crippen LogP contribution in [0.25, 0.3) is 11.2 Å².